The summed E-state index contributed by atoms with van der Waals surface area (Å²) in [6.45, 7) is 5.07. The van der Waals surface area contributed by atoms with Gasteiger partial charge in [0.05, 0.1) is 0 Å². The quantitative estimate of drug-likeness (QED) is 0.796. The van der Waals surface area contributed by atoms with Crippen LogP contribution in [0.3, 0.4) is 0 Å². The third-order valence-corrected chi connectivity index (χ3v) is 2.15. The fourth-order valence-corrected chi connectivity index (χ4v) is 1.36. The summed E-state index contributed by atoms with van der Waals surface area (Å²) in [6, 6.07) is 6.59. The molecule has 0 saturated heterocycles. The van der Waals surface area contributed by atoms with Gasteiger partial charge in [-0.15, -0.1) is 12.4 Å². The van der Waals surface area contributed by atoms with Crippen LogP contribution in [0.2, 0.25) is 0 Å². The van der Waals surface area contributed by atoms with Crippen LogP contribution < -0.4 is 5.73 Å². The van der Waals surface area contributed by atoms with Crippen molar-refractivity contribution < 1.29 is 0 Å². The van der Waals surface area contributed by atoms with Gasteiger partial charge >= 0.3 is 0 Å². The van der Waals surface area contributed by atoms with Crippen LogP contribution in [0.1, 0.15) is 23.1 Å². The van der Waals surface area contributed by atoms with E-state index in [1.807, 2.05) is 0 Å². The molecule has 0 saturated carbocycles. The third kappa shape index (κ3) is 3.79. The molecule has 0 aliphatic heterocycles. The zero-order valence-corrected chi connectivity index (χ0v) is 9.16. The van der Waals surface area contributed by atoms with E-state index in [1.54, 1.807) is 0 Å². The lowest BCUT2D eigenvalue weighted by Crippen LogP contribution is -2.01. The molecule has 1 aromatic carbocycles. The van der Waals surface area contributed by atoms with E-state index in [4.69, 9.17) is 5.73 Å². The highest BCUT2D eigenvalue weighted by Crippen LogP contribution is 2.11. The maximum atomic E-state index is 5.46. The first-order valence-corrected chi connectivity index (χ1v) is 4.50. The Hall–Kier alpha value is -0.530. The van der Waals surface area contributed by atoms with Crippen LogP contribution in [-0.4, -0.2) is 6.54 Å². The van der Waals surface area contributed by atoms with Crippen molar-refractivity contribution in [1.29, 1.82) is 0 Å². The highest BCUT2D eigenvalue weighted by atomic mass is 35.5. The Kier molecular flexibility index (Phi) is 5.76. The average Bonchev–Trinajstić information content (AvgIpc) is 2.07. The highest BCUT2D eigenvalue weighted by Gasteiger charge is 1.97. The summed E-state index contributed by atoms with van der Waals surface area (Å²) in [7, 11) is 0. The smallest absolute Gasteiger partial charge is 0.00741 e. The Morgan fingerprint density at radius 2 is 1.92 bits per heavy atom. The van der Waals surface area contributed by atoms with E-state index in [0.717, 1.165) is 19.4 Å². The number of rotatable bonds is 3. The minimum absolute atomic E-state index is 0. The van der Waals surface area contributed by atoms with E-state index >= 15 is 0 Å². The normalized spacial score (nSPS) is 9.46. The molecule has 0 amide bonds. The van der Waals surface area contributed by atoms with Gasteiger partial charge in [-0.05, 0) is 44.4 Å². The fourth-order valence-electron chi connectivity index (χ4n) is 1.36. The first-order valence-electron chi connectivity index (χ1n) is 4.50. The molecule has 1 nitrogen and oxygen atoms in total. The molecule has 0 spiro atoms. The highest BCUT2D eigenvalue weighted by molar-refractivity contribution is 5.85. The van der Waals surface area contributed by atoms with Crippen LogP contribution in [0.5, 0.6) is 0 Å². The molecular formula is C11H18ClN. The molecule has 13 heavy (non-hydrogen) atoms. The van der Waals surface area contributed by atoms with E-state index in [-0.39, 0.29) is 12.4 Å². The standard InChI is InChI=1S/C11H17N.ClH/c1-9-5-6-10(2)11(8-9)4-3-7-12;/h5-6,8H,3-4,7,12H2,1-2H3;1H. The molecule has 1 rings (SSSR count). The first-order chi connectivity index (χ1) is 5.74. The molecule has 0 bridgehead atoms. The predicted octanol–water partition coefficient (Wildman–Crippen LogP) is 2.62. The third-order valence-electron chi connectivity index (χ3n) is 2.15. The second kappa shape index (κ2) is 6.01. The molecule has 74 valence electrons. The number of nitrogens with two attached hydrogens (primary N) is 1. The van der Waals surface area contributed by atoms with Crippen molar-refractivity contribution in [3.05, 3.63) is 34.9 Å². The van der Waals surface area contributed by atoms with E-state index in [1.165, 1.54) is 16.7 Å². The lowest BCUT2D eigenvalue weighted by Gasteiger charge is -2.05. The maximum absolute atomic E-state index is 5.46. The molecule has 0 aromatic heterocycles. The monoisotopic (exact) mass is 199 g/mol. The summed E-state index contributed by atoms with van der Waals surface area (Å²) in [6.07, 6.45) is 2.20. The van der Waals surface area contributed by atoms with Crippen molar-refractivity contribution >= 4 is 12.4 Å². The van der Waals surface area contributed by atoms with Crippen molar-refractivity contribution in [3.8, 4) is 0 Å². The van der Waals surface area contributed by atoms with Gasteiger partial charge in [0.1, 0.15) is 0 Å². The van der Waals surface area contributed by atoms with Gasteiger partial charge in [-0.1, -0.05) is 23.8 Å². The average molecular weight is 200 g/mol. The zero-order chi connectivity index (χ0) is 8.97. The fraction of sp³-hybridized carbons (Fsp3) is 0.455. The molecule has 0 aliphatic carbocycles. The lowest BCUT2D eigenvalue weighted by atomic mass is 10.0. The topological polar surface area (TPSA) is 26.0 Å². The second-order valence-corrected chi connectivity index (χ2v) is 3.32. The van der Waals surface area contributed by atoms with Gasteiger partial charge in [0.2, 0.25) is 0 Å². The summed E-state index contributed by atoms with van der Waals surface area (Å²) in [5, 5.41) is 0. The van der Waals surface area contributed by atoms with E-state index in [9.17, 15) is 0 Å². The zero-order valence-electron chi connectivity index (χ0n) is 8.34. The number of benzene rings is 1. The number of hydrogen-bond acceptors (Lipinski definition) is 1. The summed E-state index contributed by atoms with van der Waals surface area (Å²) < 4.78 is 0. The minimum atomic E-state index is 0. The number of halogens is 1. The Labute approximate surface area is 86.7 Å². The molecule has 1 aromatic rings. The van der Waals surface area contributed by atoms with Crippen molar-refractivity contribution in [3.63, 3.8) is 0 Å². The molecule has 0 fully saturated rings. The van der Waals surface area contributed by atoms with Crippen LogP contribution in [0.25, 0.3) is 0 Å². The van der Waals surface area contributed by atoms with E-state index in [0.29, 0.717) is 0 Å². The van der Waals surface area contributed by atoms with Gasteiger partial charge in [-0.2, -0.15) is 0 Å². The second-order valence-electron chi connectivity index (χ2n) is 3.32. The molecule has 0 heterocycles. The number of aryl methyl sites for hydroxylation is 3. The van der Waals surface area contributed by atoms with Gasteiger partial charge < -0.3 is 5.73 Å². The van der Waals surface area contributed by atoms with Crippen molar-refractivity contribution in [2.24, 2.45) is 5.73 Å². The van der Waals surface area contributed by atoms with Crippen molar-refractivity contribution in [1.82, 2.24) is 0 Å². The SMILES string of the molecule is Cc1ccc(C)c(CCCN)c1.Cl. The molecule has 0 aliphatic rings. The molecule has 2 N–H and O–H groups in total. The van der Waals surface area contributed by atoms with Gasteiger partial charge in [-0.3, -0.25) is 0 Å². The van der Waals surface area contributed by atoms with Crippen LogP contribution >= 0.6 is 12.4 Å². The first kappa shape index (κ1) is 12.5. The van der Waals surface area contributed by atoms with Crippen LogP contribution in [0, 0.1) is 13.8 Å². The molecular weight excluding hydrogens is 182 g/mol. The lowest BCUT2D eigenvalue weighted by molar-refractivity contribution is 0.827. The number of hydrogen-bond donors (Lipinski definition) is 1. The Balaban J connectivity index is 0.00000144. The predicted molar refractivity (Wildman–Crippen MR) is 60.5 cm³/mol. The summed E-state index contributed by atoms with van der Waals surface area (Å²) >= 11 is 0. The summed E-state index contributed by atoms with van der Waals surface area (Å²) in [5.74, 6) is 0. The van der Waals surface area contributed by atoms with Crippen LogP contribution in [0.15, 0.2) is 18.2 Å². The Morgan fingerprint density at radius 3 is 2.54 bits per heavy atom. The summed E-state index contributed by atoms with van der Waals surface area (Å²) in [4.78, 5) is 0. The Morgan fingerprint density at radius 1 is 1.23 bits per heavy atom. The van der Waals surface area contributed by atoms with Gasteiger partial charge in [0, 0.05) is 0 Å². The van der Waals surface area contributed by atoms with E-state index < -0.39 is 0 Å². The summed E-state index contributed by atoms with van der Waals surface area (Å²) in [5.41, 5.74) is 9.63. The minimum Gasteiger partial charge on any atom is -0.330 e. The van der Waals surface area contributed by atoms with Crippen LogP contribution in [0.4, 0.5) is 0 Å². The van der Waals surface area contributed by atoms with Crippen molar-refractivity contribution in [2.75, 3.05) is 6.54 Å². The van der Waals surface area contributed by atoms with Gasteiger partial charge in [-0.25, -0.2) is 0 Å². The Bertz CT molecular complexity index is 258. The molecule has 2 heteroatoms. The largest absolute Gasteiger partial charge is 0.330 e. The molecule has 0 radical (unpaired) electrons. The van der Waals surface area contributed by atoms with Crippen LogP contribution in [-0.2, 0) is 6.42 Å². The molecule has 0 atom stereocenters. The van der Waals surface area contributed by atoms with Crippen molar-refractivity contribution in [2.45, 2.75) is 26.7 Å². The van der Waals surface area contributed by atoms with Gasteiger partial charge in [0.25, 0.3) is 0 Å². The molecule has 0 unspecified atom stereocenters. The van der Waals surface area contributed by atoms with Gasteiger partial charge in [0.15, 0.2) is 0 Å². The maximum Gasteiger partial charge on any atom is -0.00741 e. The van der Waals surface area contributed by atoms with E-state index in [2.05, 4.69) is 32.0 Å².